The van der Waals surface area contributed by atoms with Crippen molar-refractivity contribution in [3.05, 3.63) is 17.1 Å². The number of aromatic nitrogens is 2. The molecule has 0 saturated heterocycles. The van der Waals surface area contributed by atoms with Crippen LogP contribution in [0.4, 0.5) is 5.82 Å². The van der Waals surface area contributed by atoms with Crippen LogP contribution in [0.2, 0.25) is 0 Å². The van der Waals surface area contributed by atoms with E-state index in [4.69, 9.17) is 15.2 Å². The standard InChI is InChI=1S/C14H21N3O3/c1-4-20-14(7-5-6-8-14)13-16-9(2)10(11(15)17-13)12(18)19-3/h4-8H2,1-3H3,(H2,15,16,17). The van der Waals surface area contributed by atoms with Crippen LogP contribution in [0.5, 0.6) is 0 Å². The molecule has 6 heteroatoms. The molecule has 0 radical (unpaired) electrons. The Balaban J connectivity index is 2.46. The average molecular weight is 279 g/mol. The van der Waals surface area contributed by atoms with Gasteiger partial charge in [-0.1, -0.05) is 0 Å². The molecule has 0 spiro atoms. The van der Waals surface area contributed by atoms with Gasteiger partial charge in [-0.2, -0.15) is 0 Å². The molecule has 0 aromatic carbocycles. The average Bonchev–Trinajstić information content (AvgIpc) is 2.88. The van der Waals surface area contributed by atoms with E-state index in [1.807, 2.05) is 6.92 Å². The summed E-state index contributed by atoms with van der Waals surface area (Å²) in [4.78, 5) is 20.5. The molecule has 1 saturated carbocycles. The second kappa shape index (κ2) is 5.75. The van der Waals surface area contributed by atoms with Crippen LogP contribution in [0.1, 0.15) is 54.5 Å². The van der Waals surface area contributed by atoms with Crippen molar-refractivity contribution in [1.29, 1.82) is 0 Å². The summed E-state index contributed by atoms with van der Waals surface area (Å²) in [6.07, 6.45) is 3.94. The Morgan fingerprint density at radius 2 is 2.00 bits per heavy atom. The van der Waals surface area contributed by atoms with Gasteiger partial charge in [-0.15, -0.1) is 0 Å². The fourth-order valence-corrected chi connectivity index (χ4v) is 2.81. The van der Waals surface area contributed by atoms with Crippen LogP contribution in [0.25, 0.3) is 0 Å². The molecule has 0 amide bonds. The summed E-state index contributed by atoms with van der Waals surface area (Å²) in [5.41, 5.74) is 6.23. The first-order valence-corrected chi connectivity index (χ1v) is 6.91. The van der Waals surface area contributed by atoms with Crippen molar-refractivity contribution in [2.24, 2.45) is 0 Å². The Kier molecular flexibility index (Phi) is 4.23. The van der Waals surface area contributed by atoms with Crippen LogP contribution in [-0.2, 0) is 15.1 Å². The van der Waals surface area contributed by atoms with E-state index in [1.165, 1.54) is 7.11 Å². The number of esters is 1. The molecule has 1 aromatic heterocycles. The Morgan fingerprint density at radius 1 is 1.35 bits per heavy atom. The van der Waals surface area contributed by atoms with Crippen molar-refractivity contribution < 1.29 is 14.3 Å². The number of nitrogen functional groups attached to an aromatic ring is 1. The highest BCUT2D eigenvalue weighted by Crippen LogP contribution is 2.41. The Morgan fingerprint density at radius 3 is 2.50 bits per heavy atom. The number of ether oxygens (including phenoxy) is 2. The lowest BCUT2D eigenvalue weighted by molar-refractivity contribution is -0.0457. The van der Waals surface area contributed by atoms with Crippen LogP contribution in [-0.4, -0.2) is 29.7 Å². The number of nitrogens with zero attached hydrogens (tertiary/aromatic N) is 2. The van der Waals surface area contributed by atoms with Gasteiger partial charge in [0.05, 0.1) is 12.8 Å². The van der Waals surface area contributed by atoms with Crippen LogP contribution in [0.15, 0.2) is 0 Å². The van der Waals surface area contributed by atoms with Crippen molar-refractivity contribution in [1.82, 2.24) is 9.97 Å². The summed E-state index contributed by atoms with van der Waals surface area (Å²) in [5.74, 6) is 0.230. The molecule has 1 aliphatic rings. The molecule has 0 unspecified atom stereocenters. The third-order valence-electron chi connectivity index (χ3n) is 3.75. The minimum Gasteiger partial charge on any atom is -0.465 e. The summed E-state index contributed by atoms with van der Waals surface area (Å²) >= 11 is 0. The van der Waals surface area contributed by atoms with Gasteiger partial charge in [0.25, 0.3) is 0 Å². The number of nitrogens with two attached hydrogens (primary N) is 1. The van der Waals surface area contributed by atoms with Crippen LogP contribution in [0.3, 0.4) is 0 Å². The van der Waals surface area contributed by atoms with Gasteiger partial charge in [0.2, 0.25) is 0 Å². The van der Waals surface area contributed by atoms with Crippen molar-refractivity contribution in [3.8, 4) is 0 Å². The number of hydrogen-bond donors (Lipinski definition) is 1. The van der Waals surface area contributed by atoms with Gasteiger partial charge in [-0.25, -0.2) is 14.8 Å². The predicted octanol–water partition coefficient (Wildman–Crippen LogP) is 1.96. The van der Waals surface area contributed by atoms with E-state index in [1.54, 1.807) is 6.92 Å². The number of hydrogen-bond acceptors (Lipinski definition) is 6. The molecule has 1 aromatic rings. The van der Waals surface area contributed by atoms with Gasteiger partial charge >= 0.3 is 5.97 Å². The fourth-order valence-electron chi connectivity index (χ4n) is 2.81. The lowest BCUT2D eigenvalue weighted by Crippen LogP contribution is -2.30. The Labute approximate surface area is 118 Å². The van der Waals surface area contributed by atoms with Crippen LogP contribution in [0, 0.1) is 6.92 Å². The third kappa shape index (κ3) is 2.47. The van der Waals surface area contributed by atoms with Crippen molar-refractivity contribution in [2.45, 2.75) is 45.1 Å². The molecule has 6 nitrogen and oxygen atoms in total. The summed E-state index contributed by atoms with van der Waals surface area (Å²) in [7, 11) is 1.31. The number of anilines is 1. The maximum atomic E-state index is 11.7. The molecule has 0 bridgehead atoms. The topological polar surface area (TPSA) is 87.3 Å². The number of rotatable bonds is 4. The molecule has 110 valence electrons. The quantitative estimate of drug-likeness (QED) is 0.848. The zero-order chi connectivity index (χ0) is 14.8. The Hall–Kier alpha value is -1.69. The van der Waals surface area contributed by atoms with E-state index in [0.717, 1.165) is 25.7 Å². The highest BCUT2D eigenvalue weighted by Gasteiger charge is 2.40. The molecular weight excluding hydrogens is 258 g/mol. The largest absolute Gasteiger partial charge is 0.465 e. The van der Waals surface area contributed by atoms with Crippen molar-refractivity contribution >= 4 is 11.8 Å². The van der Waals surface area contributed by atoms with Crippen LogP contribution < -0.4 is 5.73 Å². The van der Waals surface area contributed by atoms with E-state index in [9.17, 15) is 4.79 Å². The Bertz CT molecular complexity index is 487. The molecule has 1 heterocycles. The molecule has 0 atom stereocenters. The van der Waals surface area contributed by atoms with E-state index >= 15 is 0 Å². The molecule has 1 aliphatic carbocycles. The van der Waals surface area contributed by atoms with Gasteiger partial charge in [0, 0.05) is 6.61 Å². The third-order valence-corrected chi connectivity index (χ3v) is 3.75. The van der Waals surface area contributed by atoms with Gasteiger partial charge in [-0.05, 0) is 39.5 Å². The molecule has 2 rings (SSSR count). The van der Waals surface area contributed by atoms with Gasteiger partial charge in [-0.3, -0.25) is 0 Å². The second-order valence-electron chi connectivity index (χ2n) is 5.02. The first-order chi connectivity index (χ1) is 9.54. The van der Waals surface area contributed by atoms with E-state index in [-0.39, 0.29) is 11.4 Å². The number of methoxy groups -OCH3 is 1. The number of carbonyl (C=O) groups excluding carboxylic acids is 1. The summed E-state index contributed by atoms with van der Waals surface area (Å²) in [6.45, 7) is 4.29. The zero-order valence-corrected chi connectivity index (χ0v) is 12.2. The highest BCUT2D eigenvalue weighted by atomic mass is 16.5. The summed E-state index contributed by atoms with van der Waals surface area (Å²) < 4.78 is 10.6. The molecule has 2 N–H and O–H groups in total. The lowest BCUT2D eigenvalue weighted by atomic mass is 10.0. The molecule has 1 fully saturated rings. The lowest BCUT2D eigenvalue weighted by Gasteiger charge is -2.28. The highest BCUT2D eigenvalue weighted by molar-refractivity contribution is 5.95. The monoisotopic (exact) mass is 279 g/mol. The first-order valence-electron chi connectivity index (χ1n) is 6.91. The van der Waals surface area contributed by atoms with E-state index in [2.05, 4.69) is 9.97 Å². The molecular formula is C14H21N3O3. The predicted molar refractivity (Wildman–Crippen MR) is 74.3 cm³/mol. The SMILES string of the molecule is CCOC1(c2nc(C)c(C(=O)OC)c(N)n2)CCCC1. The van der Waals surface area contributed by atoms with Gasteiger partial charge < -0.3 is 15.2 Å². The maximum absolute atomic E-state index is 11.7. The molecule has 20 heavy (non-hydrogen) atoms. The van der Waals surface area contributed by atoms with Gasteiger partial charge in [0.1, 0.15) is 17.0 Å². The minimum atomic E-state index is -0.511. The second-order valence-corrected chi connectivity index (χ2v) is 5.02. The minimum absolute atomic E-state index is 0.158. The summed E-state index contributed by atoms with van der Waals surface area (Å²) in [5, 5.41) is 0. The number of aryl methyl sites for hydroxylation is 1. The van der Waals surface area contributed by atoms with E-state index in [0.29, 0.717) is 18.1 Å². The van der Waals surface area contributed by atoms with Crippen molar-refractivity contribution in [2.75, 3.05) is 19.5 Å². The van der Waals surface area contributed by atoms with Crippen molar-refractivity contribution in [3.63, 3.8) is 0 Å². The zero-order valence-electron chi connectivity index (χ0n) is 12.2. The summed E-state index contributed by atoms with van der Waals surface area (Å²) in [6, 6.07) is 0. The normalized spacial score (nSPS) is 17.1. The van der Waals surface area contributed by atoms with Crippen LogP contribution >= 0.6 is 0 Å². The maximum Gasteiger partial charge on any atom is 0.343 e. The van der Waals surface area contributed by atoms with Gasteiger partial charge in [0.15, 0.2) is 5.82 Å². The first kappa shape index (κ1) is 14.7. The smallest absolute Gasteiger partial charge is 0.343 e. The fraction of sp³-hybridized carbons (Fsp3) is 0.643. The van der Waals surface area contributed by atoms with E-state index < -0.39 is 11.6 Å². The molecule has 0 aliphatic heterocycles. The number of carbonyl (C=O) groups is 1.